The van der Waals surface area contributed by atoms with Gasteiger partial charge in [0.2, 0.25) is 0 Å². The summed E-state index contributed by atoms with van der Waals surface area (Å²) in [6.45, 7) is 5.48. The van der Waals surface area contributed by atoms with E-state index in [1.807, 2.05) is 31.2 Å². The average molecular weight is 292 g/mol. The first-order valence-electron chi connectivity index (χ1n) is 6.81. The summed E-state index contributed by atoms with van der Waals surface area (Å²) in [6.07, 6.45) is 13.7. The topological polar surface area (TPSA) is 52.6 Å². The van der Waals surface area contributed by atoms with Gasteiger partial charge >= 0.3 is 11.9 Å². The van der Waals surface area contributed by atoms with E-state index < -0.39 is 17.4 Å². The Hall–Kier alpha value is -2.10. The van der Waals surface area contributed by atoms with Gasteiger partial charge in [-0.1, -0.05) is 49.1 Å². The van der Waals surface area contributed by atoms with Crippen LogP contribution >= 0.6 is 0 Å². The highest BCUT2D eigenvalue weighted by molar-refractivity contribution is 6.00. The van der Waals surface area contributed by atoms with Crippen LogP contribution < -0.4 is 0 Å². The molecule has 4 heteroatoms. The summed E-state index contributed by atoms with van der Waals surface area (Å²) in [5.74, 6) is -1.16. The Kier molecular flexibility index (Phi) is 9.59. The molecule has 0 aromatic carbocycles. The number of esters is 2. The molecule has 116 valence electrons. The van der Waals surface area contributed by atoms with Crippen LogP contribution in [0, 0.1) is 5.41 Å². The SMILES string of the molecule is C=C/C=C/CC(CC/C=C/C=C/C)(C(=O)OC)C(=O)OC. The lowest BCUT2D eigenvalue weighted by molar-refractivity contribution is -0.169. The summed E-state index contributed by atoms with van der Waals surface area (Å²) in [5.41, 5.74) is -1.32. The van der Waals surface area contributed by atoms with Crippen molar-refractivity contribution in [3.8, 4) is 0 Å². The molecule has 0 aromatic heterocycles. The number of ether oxygens (including phenoxy) is 2. The molecule has 0 bridgehead atoms. The van der Waals surface area contributed by atoms with Crippen LogP contribution in [0.5, 0.6) is 0 Å². The minimum atomic E-state index is -1.32. The standard InChI is InChI=1S/C17H24O4/c1-5-7-9-10-12-14-17(15(18)20-3,16(19)21-4)13-11-8-6-2/h5-11H,2,12-14H2,1,3-4H3/b7-5+,10-9+,11-8+. The predicted molar refractivity (Wildman–Crippen MR) is 83.6 cm³/mol. The van der Waals surface area contributed by atoms with Gasteiger partial charge in [-0.05, 0) is 26.2 Å². The molecule has 4 nitrogen and oxygen atoms in total. The number of methoxy groups -OCH3 is 2. The molecule has 0 saturated carbocycles. The lowest BCUT2D eigenvalue weighted by Crippen LogP contribution is -2.41. The van der Waals surface area contributed by atoms with E-state index in [1.54, 1.807) is 18.2 Å². The number of carbonyl (C=O) groups is 2. The van der Waals surface area contributed by atoms with Crippen LogP contribution in [0.4, 0.5) is 0 Å². The fourth-order valence-corrected chi connectivity index (χ4v) is 1.93. The van der Waals surface area contributed by atoms with Crippen LogP contribution in [-0.4, -0.2) is 26.2 Å². The smallest absolute Gasteiger partial charge is 0.323 e. The van der Waals surface area contributed by atoms with E-state index in [1.165, 1.54) is 14.2 Å². The molecule has 0 amide bonds. The monoisotopic (exact) mass is 292 g/mol. The zero-order valence-electron chi connectivity index (χ0n) is 13.0. The Morgan fingerprint density at radius 3 is 2.14 bits per heavy atom. The molecule has 21 heavy (non-hydrogen) atoms. The maximum Gasteiger partial charge on any atom is 0.323 e. The lowest BCUT2D eigenvalue weighted by atomic mass is 9.79. The van der Waals surface area contributed by atoms with Gasteiger partial charge < -0.3 is 9.47 Å². The Morgan fingerprint density at radius 2 is 1.67 bits per heavy atom. The van der Waals surface area contributed by atoms with Crippen molar-refractivity contribution in [2.75, 3.05) is 14.2 Å². The number of allylic oxidation sites excluding steroid dienone is 7. The van der Waals surface area contributed by atoms with Crippen LogP contribution in [0.3, 0.4) is 0 Å². The third-order valence-corrected chi connectivity index (χ3v) is 3.07. The molecule has 0 heterocycles. The second-order valence-electron chi connectivity index (χ2n) is 4.43. The molecule has 0 spiro atoms. The van der Waals surface area contributed by atoms with Crippen molar-refractivity contribution in [1.82, 2.24) is 0 Å². The van der Waals surface area contributed by atoms with Crippen molar-refractivity contribution < 1.29 is 19.1 Å². The van der Waals surface area contributed by atoms with E-state index in [2.05, 4.69) is 6.58 Å². The highest BCUT2D eigenvalue weighted by atomic mass is 16.5. The molecule has 0 aromatic rings. The van der Waals surface area contributed by atoms with Crippen LogP contribution in [0.25, 0.3) is 0 Å². The van der Waals surface area contributed by atoms with Gasteiger partial charge in [-0.15, -0.1) is 0 Å². The van der Waals surface area contributed by atoms with E-state index >= 15 is 0 Å². The Labute approximate surface area is 126 Å². The fourth-order valence-electron chi connectivity index (χ4n) is 1.93. The molecule has 0 saturated heterocycles. The highest BCUT2D eigenvalue weighted by Crippen LogP contribution is 2.32. The van der Waals surface area contributed by atoms with Gasteiger partial charge in [0, 0.05) is 0 Å². The third-order valence-electron chi connectivity index (χ3n) is 3.07. The van der Waals surface area contributed by atoms with Gasteiger partial charge in [-0.3, -0.25) is 9.59 Å². The van der Waals surface area contributed by atoms with Gasteiger partial charge in [-0.2, -0.15) is 0 Å². The van der Waals surface area contributed by atoms with Crippen molar-refractivity contribution in [3.05, 3.63) is 49.1 Å². The third kappa shape index (κ3) is 5.81. The van der Waals surface area contributed by atoms with Crippen molar-refractivity contribution in [2.45, 2.75) is 26.2 Å². The largest absolute Gasteiger partial charge is 0.468 e. The normalized spacial score (nSPS) is 12.1. The van der Waals surface area contributed by atoms with Crippen LogP contribution in [0.2, 0.25) is 0 Å². The Morgan fingerprint density at radius 1 is 1.05 bits per heavy atom. The molecule has 0 rings (SSSR count). The highest BCUT2D eigenvalue weighted by Gasteiger charge is 2.46. The molecule has 0 atom stereocenters. The van der Waals surface area contributed by atoms with Crippen molar-refractivity contribution in [3.63, 3.8) is 0 Å². The first-order chi connectivity index (χ1) is 10.1. The zero-order chi connectivity index (χ0) is 16.1. The molecular formula is C17H24O4. The minimum absolute atomic E-state index is 0.218. The second kappa shape index (κ2) is 10.7. The van der Waals surface area contributed by atoms with Gasteiger partial charge in [0.05, 0.1) is 14.2 Å². The quantitative estimate of drug-likeness (QED) is 0.371. The lowest BCUT2D eigenvalue weighted by Gasteiger charge is -2.26. The summed E-state index contributed by atoms with van der Waals surface area (Å²) in [6, 6.07) is 0. The van der Waals surface area contributed by atoms with Crippen LogP contribution in [-0.2, 0) is 19.1 Å². The number of hydrogen-bond donors (Lipinski definition) is 0. The molecule has 0 aliphatic heterocycles. The van der Waals surface area contributed by atoms with Crippen molar-refractivity contribution in [1.29, 1.82) is 0 Å². The van der Waals surface area contributed by atoms with Crippen molar-refractivity contribution in [2.24, 2.45) is 5.41 Å². The van der Waals surface area contributed by atoms with Gasteiger partial charge in [0.25, 0.3) is 0 Å². The van der Waals surface area contributed by atoms with Crippen LogP contribution in [0.15, 0.2) is 49.1 Å². The number of hydrogen-bond acceptors (Lipinski definition) is 4. The number of rotatable bonds is 9. The summed E-state index contributed by atoms with van der Waals surface area (Å²) in [7, 11) is 2.54. The zero-order valence-corrected chi connectivity index (χ0v) is 13.0. The average Bonchev–Trinajstić information content (AvgIpc) is 2.51. The summed E-state index contributed by atoms with van der Waals surface area (Å²) in [4.78, 5) is 24.3. The molecular weight excluding hydrogens is 268 g/mol. The van der Waals surface area contributed by atoms with Gasteiger partial charge in [0.1, 0.15) is 0 Å². The summed E-state index contributed by atoms with van der Waals surface area (Å²) in [5, 5.41) is 0. The van der Waals surface area contributed by atoms with Gasteiger partial charge in [-0.25, -0.2) is 0 Å². The molecule has 0 aliphatic carbocycles. The minimum Gasteiger partial charge on any atom is -0.468 e. The molecule has 0 unspecified atom stereocenters. The Bertz CT molecular complexity index is 414. The molecule has 0 radical (unpaired) electrons. The van der Waals surface area contributed by atoms with Gasteiger partial charge in [0.15, 0.2) is 5.41 Å². The first-order valence-corrected chi connectivity index (χ1v) is 6.81. The van der Waals surface area contributed by atoms with E-state index in [9.17, 15) is 9.59 Å². The first kappa shape index (κ1) is 18.9. The molecule has 0 fully saturated rings. The fraction of sp³-hybridized carbons (Fsp3) is 0.412. The summed E-state index contributed by atoms with van der Waals surface area (Å²) >= 11 is 0. The molecule has 0 N–H and O–H groups in total. The summed E-state index contributed by atoms with van der Waals surface area (Å²) < 4.78 is 9.62. The Balaban J connectivity index is 5.24. The van der Waals surface area contributed by atoms with E-state index in [0.717, 1.165) is 0 Å². The maximum absolute atomic E-state index is 12.1. The van der Waals surface area contributed by atoms with E-state index in [0.29, 0.717) is 12.8 Å². The van der Waals surface area contributed by atoms with E-state index in [4.69, 9.17) is 9.47 Å². The van der Waals surface area contributed by atoms with E-state index in [-0.39, 0.29) is 6.42 Å². The van der Waals surface area contributed by atoms with Crippen LogP contribution in [0.1, 0.15) is 26.2 Å². The molecule has 0 aliphatic rings. The van der Waals surface area contributed by atoms with Crippen molar-refractivity contribution >= 4 is 11.9 Å². The second-order valence-corrected chi connectivity index (χ2v) is 4.43. The maximum atomic E-state index is 12.1. The predicted octanol–water partition coefficient (Wildman–Crippen LogP) is 3.36. The number of carbonyl (C=O) groups excluding carboxylic acids is 2.